The maximum Gasteiger partial charge on any atom is 0.227 e. The number of aromatic nitrogens is 2. The molecule has 0 saturated carbocycles. The standard InChI is InChI=1S/C17H21N3O2/c1-12-11-22-16-7-5-4-6-15(16)20(12)17(21)9-8-14-10-18-19(3)13(14)2/h4-7,10,12H,8-9,11H2,1-3H3/t12-/m1/s1. The van der Waals surface area contributed by atoms with Gasteiger partial charge in [-0.25, -0.2) is 0 Å². The normalized spacial score (nSPS) is 17.0. The summed E-state index contributed by atoms with van der Waals surface area (Å²) in [6.07, 6.45) is 3.04. The zero-order valence-electron chi connectivity index (χ0n) is 13.2. The summed E-state index contributed by atoms with van der Waals surface area (Å²) in [7, 11) is 1.92. The van der Waals surface area contributed by atoms with E-state index >= 15 is 0 Å². The molecule has 1 amide bonds. The van der Waals surface area contributed by atoms with Crippen molar-refractivity contribution in [3.8, 4) is 5.75 Å². The Morgan fingerprint density at radius 2 is 2.18 bits per heavy atom. The number of aryl methyl sites for hydroxylation is 2. The molecule has 1 aliphatic rings. The minimum absolute atomic E-state index is 0.0531. The third-order valence-electron chi connectivity index (χ3n) is 4.26. The van der Waals surface area contributed by atoms with E-state index < -0.39 is 0 Å². The second-order valence-corrected chi connectivity index (χ2v) is 5.77. The summed E-state index contributed by atoms with van der Waals surface area (Å²) in [4.78, 5) is 14.6. The van der Waals surface area contributed by atoms with Gasteiger partial charge in [-0.05, 0) is 38.0 Å². The number of amides is 1. The third kappa shape index (κ3) is 2.58. The van der Waals surface area contributed by atoms with Crippen LogP contribution in [0.5, 0.6) is 5.75 Å². The van der Waals surface area contributed by atoms with Gasteiger partial charge in [0.25, 0.3) is 0 Å². The first kappa shape index (κ1) is 14.6. The molecule has 116 valence electrons. The van der Waals surface area contributed by atoms with Crippen LogP contribution in [-0.4, -0.2) is 28.3 Å². The van der Waals surface area contributed by atoms with Crippen molar-refractivity contribution in [3.05, 3.63) is 41.7 Å². The summed E-state index contributed by atoms with van der Waals surface area (Å²) in [5, 5.41) is 4.23. The number of rotatable bonds is 3. The van der Waals surface area contributed by atoms with Crippen molar-refractivity contribution in [1.82, 2.24) is 9.78 Å². The first-order valence-corrected chi connectivity index (χ1v) is 7.59. The highest BCUT2D eigenvalue weighted by Crippen LogP contribution is 2.34. The summed E-state index contributed by atoms with van der Waals surface area (Å²) in [5.41, 5.74) is 3.11. The average molecular weight is 299 g/mol. The monoisotopic (exact) mass is 299 g/mol. The Morgan fingerprint density at radius 1 is 1.41 bits per heavy atom. The van der Waals surface area contributed by atoms with Crippen LogP contribution in [0, 0.1) is 6.92 Å². The molecule has 0 saturated heterocycles. The van der Waals surface area contributed by atoms with E-state index in [1.807, 2.05) is 60.9 Å². The summed E-state index contributed by atoms with van der Waals surface area (Å²) < 4.78 is 7.53. The first-order valence-electron chi connectivity index (χ1n) is 7.59. The van der Waals surface area contributed by atoms with Gasteiger partial charge < -0.3 is 9.64 Å². The van der Waals surface area contributed by atoms with Gasteiger partial charge in [-0.1, -0.05) is 12.1 Å². The van der Waals surface area contributed by atoms with Gasteiger partial charge in [0.2, 0.25) is 5.91 Å². The van der Waals surface area contributed by atoms with Crippen LogP contribution in [0.25, 0.3) is 0 Å². The van der Waals surface area contributed by atoms with Crippen molar-refractivity contribution in [3.63, 3.8) is 0 Å². The predicted octanol–water partition coefficient (Wildman–Crippen LogP) is 2.48. The molecular formula is C17H21N3O2. The zero-order valence-corrected chi connectivity index (χ0v) is 13.2. The molecule has 3 rings (SSSR count). The Balaban J connectivity index is 1.76. The van der Waals surface area contributed by atoms with Gasteiger partial charge in [0.15, 0.2) is 0 Å². The van der Waals surface area contributed by atoms with E-state index in [1.54, 1.807) is 0 Å². The van der Waals surface area contributed by atoms with Crippen LogP contribution in [0.2, 0.25) is 0 Å². The number of ether oxygens (including phenoxy) is 1. The maximum absolute atomic E-state index is 12.7. The van der Waals surface area contributed by atoms with Gasteiger partial charge >= 0.3 is 0 Å². The van der Waals surface area contributed by atoms with Crippen molar-refractivity contribution in [1.29, 1.82) is 0 Å². The lowest BCUT2D eigenvalue weighted by Crippen LogP contribution is -2.45. The molecule has 1 aliphatic heterocycles. The number of nitrogens with zero attached hydrogens (tertiary/aromatic N) is 3. The minimum Gasteiger partial charge on any atom is -0.489 e. The average Bonchev–Trinajstić information content (AvgIpc) is 2.84. The molecule has 22 heavy (non-hydrogen) atoms. The fourth-order valence-electron chi connectivity index (χ4n) is 2.83. The third-order valence-corrected chi connectivity index (χ3v) is 4.26. The molecule has 1 atom stereocenters. The quantitative estimate of drug-likeness (QED) is 0.875. The Hall–Kier alpha value is -2.30. The van der Waals surface area contributed by atoms with Crippen LogP contribution in [0.1, 0.15) is 24.6 Å². The van der Waals surface area contributed by atoms with Crippen LogP contribution in [0.4, 0.5) is 5.69 Å². The second-order valence-electron chi connectivity index (χ2n) is 5.77. The fourth-order valence-corrected chi connectivity index (χ4v) is 2.83. The van der Waals surface area contributed by atoms with Crippen molar-refractivity contribution >= 4 is 11.6 Å². The van der Waals surface area contributed by atoms with Crippen molar-refractivity contribution in [2.75, 3.05) is 11.5 Å². The number of para-hydroxylation sites is 2. The Kier molecular flexibility index (Phi) is 3.88. The van der Waals surface area contributed by atoms with Crippen molar-refractivity contribution in [2.45, 2.75) is 32.7 Å². The molecule has 0 radical (unpaired) electrons. The second kappa shape index (κ2) is 5.83. The van der Waals surface area contributed by atoms with E-state index in [4.69, 9.17) is 4.74 Å². The van der Waals surface area contributed by atoms with Crippen LogP contribution in [0.15, 0.2) is 30.5 Å². The van der Waals surface area contributed by atoms with E-state index in [1.165, 1.54) is 0 Å². The predicted molar refractivity (Wildman–Crippen MR) is 85.2 cm³/mol. The van der Waals surface area contributed by atoms with E-state index in [2.05, 4.69) is 5.10 Å². The number of benzene rings is 1. The highest BCUT2D eigenvalue weighted by atomic mass is 16.5. The summed E-state index contributed by atoms with van der Waals surface area (Å²) >= 11 is 0. The highest BCUT2D eigenvalue weighted by Gasteiger charge is 2.28. The lowest BCUT2D eigenvalue weighted by atomic mass is 10.1. The Labute approximate surface area is 130 Å². The van der Waals surface area contributed by atoms with Crippen LogP contribution >= 0.6 is 0 Å². The van der Waals surface area contributed by atoms with Gasteiger partial charge in [0.1, 0.15) is 12.4 Å². The molecular weight excluding hydrogens is 278 g/mol. The molecule has 0 N–H and O–H groups in total. The maximum atomic E-state index is 12.7. The summed E-state index contributed by atoms with van der Waals surface area (Å²) in [6, 6.07) is 7.77. The van der Waals surface area contributed by atoms with E-state index in [0.29, 0.717) is 19.4 Å². The molecule has 2 aromatic rings. The number of anilines is 1. The molecule has 0 spiro atoms. The van der Waals surface area contributed by atoms with Crippen molar-refractivity contribution in [2.24, 2.45) is 7.05 Å². The molecule has 1 aromatic carbocycles. The molecule has 0 bridgehead atoms. The molecule has 5 nitrogen and oxygen atoms in total. The number of hydrogen-bond acceptors (Lipinski definition) is 3. The SMILES string of the molecule is Cc1c(CCC(=O)N2c3ccccc3OC[C@H]2C)cnn1C. The molecule has 0 aliphatic carbocycles. The van der Waals surface area contributed by atoms with Gasteiger partial charge in [0, 0.05) is 19.2 Å². The zero-order chi connectivity index (χ0) is 15.7. The van der Waals surface area contributed by atoms with Crippen LogP contribution in [-0.2, 0) is 18.3 Å². The summed E-state index contributed by atoms with van der Waals surface area (Å²) in [6.45, 7) is 4.58. The fraction of sp³-hybridized carbons (Fsp3) is 0.412. The van der Waals surface area contributed by atoms with Crippen molar-refractivity contribution < 1.29 is 9.53 Å². The Morgan fingerprint density at radius 3 is 2.91 bits per heavy atom. The number of fused-ring (bicyclic) bond motifs is 1. The topological polar surface area (TPSA) is 47.4 Å². The number of hydrogen-bond donors (Lipinski definition) is 0. The summed E-state index contributed by atoms with van der Waals surface area (Å²) in [5.74, 6) is 0.915. The molecule has 0 unspecified atom stereocenters. The van der Waals surface area contributed by atoms with E-state index in [-0.39, 0.29) is 11.9 Å². The smallest absolute Gasteiger partial charge is 0.227 e. The van der Waals surface area contributed by atoms with Gasteiger partial charge in [-0.3, -0.25) is 9.48 Å². The van der Waals surface area contributed by atoms with Crippen LogP contribution in [0.3, 0.4) is 0 Å². The lowest BCUT2D eigenvalue weighted by molar-refractivity contribution is -0.119. The molecule has 5 heteroatoms. The first-order chi connectivity index (χ1) is 10.6. The van der Waals surface area contributed by atoms with Gasteiger partial charge in [0.05, 0.1) is 17.9 Å². The number of carbonyl (C=O) groups is 1. The number of carbonyl (C=O) groups excluding carboxylic acids is 1. The molecule has 1 aromatic heterocycles. The minimum atomic E-state index is 0.0531. The van der Waals surface area contributed by atoms with E-state index in [9.17, 15) is 4.79 Å². The molecule has 0 fully saturated rings. The Bertz CT molecular complexity index is 693. The lowest BCUT2D eigenvalue weighted by Gasteiger charge is -2.35. The highest BCUT2D eigenvalue weighted by molar-refractivity contribution is 5.96. The largest absolute Gasteiger partial charge is 0.489 e. The van der Waals surface area contributed by atoms with E-state index in [0.717, 1.165) is 22.7 Å². The van der Waals surface area contributed by atoms with Gasteiger partial charge in [-0.2, -0.15) is 5.10 Å². The van der Waals surface area contributed by atoms with Gasteiger partial charge in [-0.15, -0.1) is 0 Å². The van der Waals surface area contributed by atoms with Crippen LogP contribution < -0.4 is 9.64 Å². The molecule has 2 heterocycles.